The first-order valence-electron chi connectivity index (χ1n) is 21.6. The normalized spacial score (nSPS) is 45.1. The Morgan fingerprint density at radius 3 is 2.00 bits per heavy atom. The van der Waals surface area contributed by atoms with Crippen molar-refractivity contribution in [2.45, 2.75) is 216 Å². The lowest BCUT2D eigenvalue weighted by atomic mass is 9.60. The number of aliphatic hydroxyl groups is 1. The second-order valence-corrected chi connectivity index (χ2v) is 18.7. The van der Waals surface area contributed by atoms with Crippen molar-refractivity contribution in [1.82, 2.24) is 15.5 Å². The molecule has 8 rings (SSSR count). The van der Waals surface area contributed by atoms with Crippen LogP contribution in [0.2, 0.25) is 0 Å². The average molecular weight is 650 g/mol. The van der Waals surface area contributed by atoms with E-state index in [0.717, 1.165) is 61.2 Å². The topological polar surface area (TPSA) is 64.6 Å². The van der Waals surface area contributed by atoms with Gasteiger partial charge in [0.2, 0.25) is 5.91 Å². The number of aliphatic hydroxyl groups excluding tert-OH is 1. The smallest absolute Gasteiger partial charge is 0.225 e. The highest BCUT2D eigenvalue weighted by atomic mass is 16.3. The molecule has 266 valence electrons. The summed E-state index contributed by atoms with van der Waals surface area (Å²) in [7, 11) is 0. The Labute approximate surface area is 287 Å². The summed E-state index contributed by atoms with van der Waals surface area (Å²) in [5.41, 5.74) is 0. The third-order valence-electron chi connectivity index (χ3n) is 16.1. The number of nitrogens with one attached hydrogen (secondary N) is 2. The zero-order chi connectivity index (χ0) is 31.7. The van der Waals surface area contributed by atoms with E-state index in [1.54, 1.807) is 0 Å². The molecule has 0 aromatic carbocycles. The Balaban J connectivity index is 0.845. The van der Waals surface area contributed by atoms with Crippen molar-refractivity contribution in [1.29, 1.82) is 0 Å². The Hall–Kier alpha value is -0.650. The van der Waals surface area contributed by atoms with Crippen molar-refractivity contribution >= 4 is 5.91 Å². The SMILES string of the molecule is O=C(NC1CCCCC1CC1CCC(N(C2CCCCC2)C2CCCCC2)CC1)C1CC2CCC3C4CCCCC4NC3C2CC1O. The fourth-order valence-electron chi connectivity index (χ4n) is 13.8. The van der Waals surface area contributed by atoms with Gasteiger partial charge in [0.1, 0.15) is 0 Å². The molecule has 5 nitrogen and oxygen atoms in total. The molecule has 0 aromatic heterocycles. The van der Waals surface area contributed by atoms with Crippen LogP contribution in [-0.4, -0.2) is 58.3 Å². The molecule has 1 heterocycles. The lowest BCUT2D eigenvalue weighted by Crippen LogP contribution is -2.54. The van der Waals surface area contributed by atoms with Crippen LogP contribution in [0.3, 0.4) is 0 Å². The molecule has 3 N–H and O–H groups in total. The standard InChI is InChI=1S/C42H71N3O2/c46-40-27-36-29(21-24-35-34-16-8-10-18-39(34)43-41(35)36)26-37(40)42(47)44-38-17-9-7-11-30(38)25-28-19-22-33(23-20-28)45(31-12-3-1-4-13-31)32-14-5-2-6-15-32/h28-41,43,46H,1-27H2,(H,44,47). The van der Waals surface area contributed by atoms with Gasteiger partial charge in [-0.3, -0.25) is 9.69 Å². The maximum atomic E-state index is 13.9. The molecule has 0 aromatic rings. The second-order valence-electron chi connectivity index (χ2n) is 18.7. The monoisotopic (exact) mass is 650 g/mol. The quantitative estimate of drug-likeness (QED) is 0.259. The van der Waals surface area contributed by atoms with E-state index in [1.165, 1.54) is 154 Å². The molecule has 8 aliphatic rings. The lowest BCUT2D eigenvalue weighted by Gasteiger charge is -2.48. The van der Waals surface area contributed by atoms with Gasteiger partial charge in [-0.25, -0.2) is 0 Å². The fourth-order valence-corrected chi connectivity index (χ4v) is 13.8. The third-order valence-corrected chi connectivity index (χ3v) is 16.1. The number of rotatable bonds is 7. The predicted octanol–water partition coefficient (Wildman–Crippen LogP) is 8.52. The summed E-state index contributed by atoms with van der Waals surface area (Å²) in [4.78, 5) is 17.1. The average Bonchev–Trinajstić information content (AvgIpc) is 3.50. The van der Waals surface area contributed by atoms with Crippen molar-refractivity contribution in [3.8, 4) is 0 Å². The van der Waals surface area contributed by atoms with Crippen LogP contribution in [0.15, 0.2) is 0 Å². The van der Waals surface area contributed by atoms with Crippen LogP contribution in [-0.2, 0) is 4.79 Å². The van der Waals surface area contributed by atoms with E-state index < -0.39 is 6.10 Å². The number of carbonyl (C=O) groups excluding carboxylic acids is 1. The summed E-state index contributed by atoms with van der Waals surface area (Å²) >= 11 is 0. The summed E-state index contributed by atoms with van der Waals surface area (Å²) in [5, 5.41) is 19.2. The lowest BCUT2D eigenvalue weighted by molar-refractivity contribution is -0.135. The van der Waals surface area contributed by atoms with Crippen molar-refractivity contribution < 1.29 is 9.90 Å². The van der Waals surface area contributed by atoms with Crippen molar-refractivity contribution in [2.75, 3.05) is 0 Å². The van der Waals surface area contributed by atoms with Crippen LogP contribution < -0.4 is 10.6 Å². The number of carbonyl (C=O) groups is 1. The molecule has 10 atom stereocenters. The van der Waals surface area contributed by atoms with E-state index in [4.69, 9.17) is 0 Å². The van der Waals surface area contributed by atoms with Gasteiger partial charge in [0.15, 0.2) is 0 Å². The third kappa shape index (κ3) is 7.26. The maximum absolute atomic E-state index is 13.9. The van der Waals surface area contributed by atoms with E-state index in [2.05, 4.69) is 15.5 Å². The van der Waals surface area contributed by atoms with Gasteiger partial charge < -0.3 is 15.7 Å². The van der Waals surface area contributed by atoms with Crippen LogP contribution in [0.25, 0.3) is 0 Å². The van der Waals surface area contributed by atoms with Gasteiger partial charge in [0.05, 0.1) is 12.0 Å². The highest BCUT2D eigenvalue weighted by Crippen LogP contribution is 2.52. The Kier molecular flexibility index (Phi) is 10.9. The predicted molar refractivity (Wildman–Crippen MR) is 191 cm³/mol. The summed E-state index contributed by atoms with van der Waals surface area (Å²) < 4.78 is 0. The minimum atomic E-state index is -0.465. The van der Waals surface area contributed by atoms with Crippen LogP contribution in [0.5, 0.6) is 0 Å². The van der Waals surface area contributed by atoms with Gasteiger partial charge in [0, 0.05) is 36.3 Å². The van der Waals surface area contributed by atoms with E-state index in [1.807, 2.05) is 0 Å². The van der Waals surface area contributed by atoms with Crippen LogP contribution in [0, 0.1) is 41.4 Å². The summed E-state index contributed by atoms with van der Waals surface area (Å²) in [6.45, 7) is 0. The number of amides is 1. The number of nitrogens with zero attached hydrogens (tertiary/aromatic N) is 1. The van der Waals surface area contributed by atoms with Crippen LogP contribution >= 0.6 is 0 Å². The molecule has 10 unspecified atom stereocenters. The van der Waals surface area contributed by atoms with Gasteiger partial charge >= 0.3 is 0 Å². The summed E-state index contributed by atoms with van der Waals surface area (Å²) in [6, 6.07) is 4.21. The highest BCUT2D eigenvalue weighted by molar-refractivity contribution is 5.79. The molecule has 5 heteroatoms. The molecule has 0 spiro atoms. The van der Waals surface area contributed by atoms with Gasteiger partial charge in [-0.2, -0.15) is 0 Å². The largest absolute Gasteiger partial charge is 0.392 e. The summed E-state index contributed by atoms with van der Waals surface area (Å²) in [5.74, 6) is 4.36. The molecule has 0 bridgehead atoms. The number of hydrogen-bond acceptors (Lipinski definition) is 4. The molecule has 7 aliphatic carbocycles. The molecule has 1 aliphatic heterocycles. The van der Waals surface area contributed by atoms with Gasteiger partial charge in [0.25, 0.3) is 0 Å². The first-order valence-corrected chi connectivity index (χ1v) is 21.6. The molecule has 8 fully saturated rings. The Morgan fingerprint density at radius 2 is 1.26 bits per heavy atom. The maximum Gasteiger partial charge on any atom is 0.225 e. The minimum absolute atomic E-state index is 0.194. The van der Waals surface area contributed by atoms with Crippen molar-refractivity contribution in [3.05, 3.63) is 0 Å². The second kappa shape index (κ2) is 15.3. The van der Waals surface area contributed by atoms with E-state index >= 15 is 0 Å². The van der Waals surface area contributed by atoms with Gasteiger partial charge in [-0.1, -0.05) is 64.2 Å². The van der Waals surface area contributed by atoms with E-state index in [-0.39, 0.29) is 11.8 Å². The molecular formula is C42H71N3O2. The van der Waals surface area contributed by atoms with Crippen molar-refractivity contribution in [2.24, 2.45) is 41.4 Å². The van der Waals surface area contributed by atoms with E-state index in [0.29, 0.717) is 29.8 Å². The first-order chi connectivity index (χ1) is 23.1. The molecule has 7 saturated carbocycles. The zero-order valence-corrected chi connectivity index (χ0v) is 30.0. The molecular weight excluding hydrogens is 578 g/mol. The highest BCUT2D eigenvalue weighted by Gasteiger charge is 2.53. The van der Waals surface area contributed by atoms with Crippen molar-refractivity contribution in [3.63, 3.8) is 0 Å². The number of fused-ring (bicyclic) bond motifs is 5. The number of hydrogen-bond donors (Lipinski definition) is 3. The summed E-state index contributed by atoms with van der Waals surface area (Å²) in [6.07, 6.45) is 36.0. The van der Waals surface area contributed by atoms with Gasteiger partial charge in [-0.05, 0) is 145 Å². The Bertz CT molecular complexity index is 997. The molecule has 1 amide bonds. The Morgan fingerprint density at radius 1 is 0.617 bits per heavy atom. The van der Waals surface area contributed by atoms with Gasteiger partial charge in [-0.15, -0.1) is 0 Å². The molecule has 47 heavy (non-hydrogen) atoms. The van der Waals surface area contributed by atoms with Crippen LogP contribution in [0.4, 0.5) is 0 Å². The minimum Gasteiger partial charge on any atom is -0.392 e. The molecule has 0 radical (unpaired) electrons. The van der Waals surface area contributed by atoms with Crippen LogP contribution in [0.1, 0.15) is 173 Å². The zero-order valence-electron chi connectivity index (χ0n) is 30.0. The fraction of sp³-hybridized carbons (Fsp3) is 0.976. The first kappa shape index (κ1) is 33.5. The van der Waals surface area contributed by atoms with E-state index in [9.17, 15) is 9.90 Å². The molecule has 1 saturated heterocycles.